The van der Waals surface area contributed by atoms with Crippen LogP contribution >= 0.6 is 0 Å². The quantitative estimate of drug-likeness (QED) is 0.507. The van der Waals surface area contributed by atoms with Gasteiger partial charge in [0, 0.05) is 33.4 Å². The maximum Gasteiger partial charge on any atom is 0.132 e. The third-order valence-corrected chi connectivity index (χ3v) is 6.12. The first kappa shape index (κ1) is 25.0. The number of fused-ring (bicyclic) bond motifs is 8. The molecule has 6 nitrogen and oxygen atoms in total. The van der Waals surface area contributed by atoms with Crippen molar-refractivity contribution in [2.75, 3.05) is 40.6 Å². The third-order valence-electron chi connectivity index (χ3n) is 6.12. The van der Waals surface area contributed by atoms with E-state index in [1.54, 1.807) is 14.2 Å². The third kappa shape index (κ3) is 5.45. The van der Waals surface area contributed by atoms with Gasteiger partial charge >= 0.3 is 0 Å². The van der Waals surface area contributed by atoms with Crippen molar-refractivity contribution in [2.45, 2.75) is 34.0 Å². The van der Waals surface area contributed by atoms with Crippen LogP contribution in [-0.2, 0) is 27.4 Å². The van der Waals surface area contributed by atoms with Crippen LogP contribution < -0.4 is 9.47 Å². The van der Waals surface area contributed by atoms with Gasteiger partial charge in [0.25, 0.3) is 0 Å². The minimum atomic E-state index is 0.177. The van der Waals surface area contributed by atoms with Crippen LogP contribution in [0.2, 0.25) is 0 Å². The highest BCUT2D eigenvalue weighted by Gasteiger charge is 2.22. The van der Waals surface area contributed by atoms with Gasteiger partial charge in [-0.3, -0.25) is 0 Å². The van der Waals surface area contributed by atoms with Gasteiger partial charge < -0.3 is 28.8 Å². The standard InChI is InChI=1S/C29H34O6/c1-18-10-21-16-34-8-6-33-7-9-35-17-22-11-19(2)15-26(29(22)32-5)24-13-20(3)12-23(27(24)30)25(14-18)28(21)31-4/h10-15,30H,6-9,16-17H2,1-5H3. The minimum absolute atomic E-state index is 0.177. The largest absolute Gasteiger partial charge is 0.507 e. The molecule has 186 valence electrons. The molecule has 6 heteroatoms. The summed E-state index contributed by atoms with van der Waals surface area (Å²) < 4.78 is 29.1. The van der Waals surface area contributed by atoms with Crippen molar-refractivity contribution in [3.63, 3.8) is 0 Å². The average Bonchev–Trinajstić information content (AvgIpc) is 2.83. The smallest absolute Gasteiger partial charge is 0.132 e. The molecule has 0 atom stereocenters. The molecule has 0 spiro atoms. The molecule has 0 amide bonds. The summed E-state index contributed by atoms with van der Waals surface area (Å²) in [7, 11) is 3.30. The number of rotatable bonds is 2. The second-order valence-corrected chi connectivity index (χ2v) is 8.94. The molecule has 1 aliphatic heterocycles. The average molecular weight is 479 g/mol. The van der Waals surface area contributed by atoms with E-state index in [2.05, 4.69) is 12.1 Å². The van der Waals surface area contributed by atoms with E-state index < -0.39 is 0 Å². The second kappa shape index (κ2) is 11.1. The van der Waals surface area contributed by atoms with Crippen molar-refractivity contribution in [2.24, 2.45) is 0 Å². The Bertz CT molecular complexity index is 1110. The van der Waals surface area contributed by atoms with E-state index in [0.29, 0.717) is 62.3 Å². The summed E-state index contributed by atoms with van der Waals surface area (Å²) in [5, 5.41) is 11.6. The van der Waals surface area contributed by atoms with Crippen molar-refractivity contribution >= 4 is 0 Å². The first-order valence-corrected chi connectivity index (χ1v) is 11.9. The van der Waals surface area contributed by atoms with Crippen LogP contribution in [0.25, 0.3) is 22.3 Å². The van der Waals surface area contributed by atoms with E-state index in [-0.39, 0.29) is 5.75 Å². The summed E-state index contributed by atoms with van der Waals surface area (Å²) in [5.74, 6) is 1.56. The molecule has 0 unspecified atom stereocenters. The zero-order chi connectivity index (χ0) is 24.9. The minimum Gasteiger partial charge on any atom is -0.507 e. The number of aryl methyl sites for hydroxylation is 3. The predicted octanol–water partition coefficient (Wildman–Crippen LogP) is 5.73. The van der Waals surface area contributed by atoms with Gasteiger partial charge in [-0.25, -0.2) is 0 Å². The maximum atomic E-state index is 11.6. The van der Waals surface area contributed by atoms with E-state index in [1.807, 2.05) is 45.0 Å². The number of hydrogen-bond donors (Lipinski definition) is 1. The van der Waals surface area contributed by atoms with Gasteiger partial charge in [0.15, 0.2) is 0 Å². The van der Waals surface area contributed by atoms with Gasteiger partial charge in [0.2, 0.25) is 0 Å². The highest BCUT2D eigenvalue weighted by Crippen LogP contribution is 2.47. The van der Waals surface area contributed by atoms with Crippen LogP contribution in [0.15, 0.2) is 36.4 Å². The molecule has 0 aliphatic carbocycles. The van der Waals surface area contributed by atoms with E-state index >= 15 is 0 Å². The monoisotopic (exact) mass is 478 g/mol. The Morgan fingerprint density at radius 2 is 0.943 bits per heavy atom. The summed E-state index contributed by atoms with van der Waals surface area (Å²) in [6.07, 6.45) is 0. The summed E-state index contributed by atoms with van der Waals surface area (Å²) in [4.78, 5) is 0. The highest BCUT2D eigenvalue weighted by molar-refractivity contribution is 5.88. The molecule has 3 aromatic rings. The Balaban J connectivity index is 1.97. The second-order valence-electron chi connectivity index (χ2n) is 8.94. The molecule has 1 heterocycles. The van der Waals surface area contributed by atoms with E-state index in [0.717, 1.165) is 38.9 Å². The molecule has 0 saturated heterocycles. The molecule has 1 aliphatic rings. The van der Waals surface area contributed by atoms with Crippen LogP contribution in [0, 0.1) is 20.8 Å². The van der Waals surface area contributed by atoms with Crippen molar-refractivity contribution in [3.8, 4) is 39.5 Å². The zero-order valence-corrected chi connectivity index (χ0v) is 21.2. The van der Waals surface area contributed by atoms with Crippen LogP contribution in [0.3, 0.4) is 0 Å². The van der Waals surface area contributed by atoms with Gasteiger partial charge in [0.05, 0.1) is 53.9 Å². The van der Waals surface area contributed by atoms with Crippen molar-refractivity contribution in [1.82, 2.24) is 0 Å². The number of methoxy groups -OCH3 is 2. The Morgan fingerprint density at radius 1 is 0.571 bits per heavy atom. The number of aromatic hydroxyl groups is 1. The van der Waals surface area contributed by atoms with E-state index in [1.165, 1.54) is 0 Å². The number of hydrogen-bond acceptors (Lipinski definition) is 6. The molecule has 0 fully saturated rings. The Kier molecular flexibility index (Phi) is 7.96. The normalized spacial score (nSPS) is 14.7. The van der Waals surface area contributed by atoms with Crippen LogP contribution in [0.4, 0.5) is 0 Å². The molecule has 35 heavy (non-hydrogen) atoms. The van der Waals surface area contributed by atoms with Crippen molar-refractivity contribution < 1.29 is 28.8 Å². The zero-order valence-electron chi connectivity index (χ0n) is 21.2. The lowest BCUT2D eigenvalue weighted by atomic mass is 9.91. The molecular formula is C29H34O6. The lowest BCUT2D eigenvalue weighted by molar-refractivity contribution is 0.00653. The van der Waals surface area contributed by atoms with Crippen LogP contribution in [0.5, 0.6) is 17.2 Å². The number of phenolic OH excluding ortho intramolecular Hbond substituents is 1. The van der Waals surface area contributed by atoms with E-state index in [4.69, 9.17) is 23.7 Å². The molecule has 3 aromatic carbocycles. The van der Waals surface area contributed by atoms with Gasteiger partial charge in [-0.1, -0.05) is 12.1 Å². The summed E-state index contributed by atoms with van der Waals surface area (Å²) >= 11 is 0. The molecule has 1 N–H and O–H groups in total. The van der Waals surface area contributed by atoms with Gasteiger partial charge in [-0.15, -0.1) is 0 Å². The van der Waals surface area contributed by atoms with Crippen LogP contribution in [-0.4, -0.2) is 45.8 Å². The Labute approximate surface area is 207 Å². The molecule has 0 radical (unpaired) electrons. The molecule has 4 rings (SSSR count). The molecule has 0 saturated carbocycles. The Hall–Kier alpha value is -3.06. The molecular weight excluding hydrogens is 444 g/mol. The van der Waals surface area contributed by atoms with E-state index in [9.17, 15) is 5.11 Å². The number of ether oxygens (including phenoxy) is 5. The lowest BCUT2D eigenvalue weighted by Gasteiger charge is -2.20. The molecule has 0 aromatic heterocycles. The number of phenols is 1. The first-order valence-electron chi connectivity index (χ1n) is 11.9. The Morgan fingerprint density at radius 3 is 1.37 bits per heavy atom. The van der Waals surface area contributed by atoms with Gasteiger partial charge in [-0.05, 0) is 61.7 Å². The van der Waals surface area contributed by atoms with Gasteiger partial charge in [-0.2, -0.15) is 0 Å². The summed E-state index contributed by atoms with van der Waals surface area (Å²) in [5.41, 5.74) is 8.01. The summed E-state index contributed by atoms with van der Waals surface area (Å²) in [6.45, 7) is 8.73. The summed E-state index contributed by atoms with van der Waals surface area (Å²) in [6, 6.07) is 12.2. The SMILES string of the molecule is COc1c2cc(C)cc1-c1cc(C)cc(c1O)-c1cc(C)cc(c1OC)COCCOCCOC2. The number of benzene rings is 3. The fourth-order valence-corrected chi connectivity index (χ4v) is 4.68. The van der Waals surface area contributed by atoms with Crippen molar-refractivity contribution in [1.29, 1.82) is 0 Å². The predicted molar refractivity (Wildman–Crippen MR) is 136 cm³/mol. The fourth-order valence-electron chi connectivity index (χ4n) is 4.68. The van der Waals surface area contributed by atoms with Crippen LogP contribution in [0.1, 0.15) is 27.8 Å². The first-order chi connectivity index (χ1) is 16.9. The van der Waals surface area contributed by atoms with Gasteiger partial charge in [0.1, 0.15) is 17.2 Å². The topological polar surface area (TPSA) is 66.4 Å². The lowest BCUT2D eigenvalue weighted by Crippen LogP contribution is -2.10. The fraction of sp³-hybridized carbons (Fsp3) is 0.379. The maximum absolute atomic E-state index is 11.6. The highest BCUT2D eigenvalue weighted by atomic mass is 16.5. The van der Waals surface area contributed by atoms with Crippen molar-refractivity contribution in [3.05, 3.63) is 64.2 Å². The molecule has 6 bridgehead atoms.